The predicted octanol–water partition coefficient (Wildman–Crippen LogP) is 3.77. The van der Waals surface area contributed by atoms with Crippen molar-refractivity contribution in [3.05, 3.63) is 11.6 Å². The molecule has 2 aliphatic carbocycles. The highest BCUT2D eigenvalue weighted by molar-refractivity contribution is 5.70. The van der Waals surface area contributed by atoms with E-state index < -0.39 is 5.97 Å². The van der Waals surface area contributed by atoms with Gasteiger partial charge in [0.1, 0.15) is 0 Å². The van der Waals surface area contributed by atoms with E-state index in [2.05, 4.69) is 6.08 Å². The minimum Gasteiger partial charge on any atom is -0.481 e. The van der Waals surface area contributed by atoms with Crippen LogP contribution in [0.5, 0.6) is 0 Å². The van der Waals surface area contributed by atoms with Gasteiger partial charge in [0.25, 0.3) is 0 Å². The van der Waals surface area contributed by atoms with E-state index in [-0.39, 0.29) is 5.92 Å². The quantitative estimate of drug-likeness (QED) is 0.722. The summed E-state index contributed by atoms with van der Waals surface area (Å²) < 4.78 is 0. The Labute approximate surface area is 97.7 Å². The van der Waals surface area contributed by atoms with Gasteiger partial charge in [-0.3, -0.25) is 4.79 Å². The molecular weight excluding hydrogens is 200 g/mol. The van der Waals surface area contributed by atoms with E-state index in [1.54, 1.807) is 0 Å². The maximum Gasteiger partial charge on any atom is 0.306 e. The number of carboxylic acids is 1. The number of carboxylic acid groups (broad SMARTS) is 1. The van der Waals surface area contributed by atoms with Crippen LogP contribution in [0.3, 0.4) is 0 Å². The van der Waals surface area contributed by atoms with Crippen LogP contribution in [0.1, 0.15) is 57.8 Å². The van der Waals surface area contributed by atoms with E-state index in [0.717, 1.165) is 31.6 Å². The Bertz CT molecular complexity index is 264. The van der Waals surface area contributed by atoms with Gasteiger partial charge in [0.05, 0.1) is 5.92 Å². The van der Waals surface area contributed by atoms with Crippen LogP contribution in [0.25, 0.3) is 0 Å². The lowest BCUT2D eigenvalue weighted by Gasteiger charge is -2.24. The van der Waals surface area contributed by atoms with Crippen molar-refractivity contribution in [3.63, 3.8) is 0 Å². The van der Waals surface area contributed by atoms with E-state index in [1.165, 1.54) is 37.7 Å². The third-order valence-corrected chi connectivity index (χ3v) is 4.10. The molecule has 0 spiro atoms. The van der Waals surface area contributed by atoms with Gasteiger partial charge in [-0.25, -0.2) is 0 Å². The van der Waals surface area contributed by atoms with E-state index in [0.29, 0.717) is 0 Å². The topological polar surface area (TPSA) is 37.3 Å². The fourth-order valence-corrected chi connectivity index (χ4v) is 3.04. The first kappa shape index (κ1) is 11.7. The van der Waals surface area contributed by atoms with Gasteiger partial charge < -0.3 is 5.11 Å². The van der Waals surface area contributed by atoms with Crippen molar-refractivity contribution in [1.29, 1.82) is 0 Å². The van der Waals surface area contributed by atoms with Gasteiger partial charge in [0.2, 0.25) is 0 Å². The third-order valence-electron chi connectivity index (χ3n) is 4.10. The highest BCUT2D eigenvalue weighted by Crippen LogP contribution is 2.32. The maximum absolute atomic E-state index is 10.8. The summed E-state index contributed by atoms with van der Waals surface area (Å²) in [5, 5.41) is 8.93. The van der Waals surface area contributed by atoms with Crippen molar-refractivity contribution in [1.82, 2.24) is 0 Å². The number of carbonyl (C=O) groups is 1. The smallest absolute Gasteiger partial charge is 0.306 e. The molecule has 0 amide bonds. The molecule has 0 saturated heterocycles. The highest BCUT2D eigenvalue weighted by atomic mass is 16.4. The maximum atomic E-state index is 10.8. The molecule has 1 N–H and O–H groups in total. The molecule has 2 saturated carbocycles. The molecule has 0 radical (unpaired) electrons. The minimum atomic E-state index is -0.600. The van der Waals surface area contributed by atoms with Gasteiger partial charge in [-0.15, -0.1) is 0 Å². The standard InChI is InChI=1S/C14H22O2/c15-14(16)13-8-6-12(7-9-13)10-11-4-2-1-3-5-11/h10-11,13H,1-9H2,(H,15,16). The molecule has 0 aromatic carbocycles. The summed E-state index contributed by atoms with van der Waals surface area (Å²) in [6.45, 7) is 0. The molecule has 16 heavy (non-hydrogen) atoms. The second-order valence-corrected chi connectivity index (χ2v) is 5.34. The molecule has 0 bridgehead atoms. The average molecular weight is 222 g/mol. The summed E-state index contributed by atoms with van der Waals surface area (Å²) in [7, 11) is 0. The molecule has 2 heteroatoms. The SMILES string of the molecule is O=C(O)C1CCC(=CC2CCCCC2)CC1. The number of allylic oxidation sites excluding steroid dienone is 2. The normalized spacial score (nSPS) is 27.8. The van der Waals surface area contributed by atoms with Crippen LogP contribution >= 0.6 is 0 Å². The van der Waals surface area contributed by atoms with Crippen LogP contribution in [0.4, 0.5) is 0 Å². The van der Waals surface area contributed by atoms with Gasteiger partial charge >= 0.3 is 5.97 Å². The molecular formula is C14H22O2. The van der Waals surface area contributed by atoms with Crippen LogP contribution in [-0.2, 0) is 4.79 Å². The monoisotopic (exact) mass is 222 g/mol. The molecule has 90 valence electrons. The fraction of sp³-hybridized carbons (Fsp3) is 0.786. The first-order valence-corrected chi connectivity index (χ1v) is 6.68. The Kier molecular flexibility index (Phi) is 4.03. The average Bonchev–Trinajstić information content (AvgIpc) is 2.31. The Morgan fingerprint density at radius 1 is 1.06 bits per heavy atom. The second-order valence-electron chi connectivity index (χ2n) is 5.34. The Morgan fingerprint density at radius 3 is 2.25 bits per heavy atom. The zero-order valence-corrected chi connectivity index (χ0v) is 9.95. The van der Waals surface area contributed by atoms with Gasteiger partial charge in [0.15, 0.2) is 0 Å². The lowest BCUT2D eigenvalue weighted by Crippen LogP contribution is -2.18. The van der Waals surface area contributed by atoms with Crippen molar-refractivity contribution >= 4 is 5.97 Å². The molecule has 0 aliphatic heterocycles. The number of hydrogen-bond acceptors (Lipinski definition) is 1. The van der Waals surface area contributed by atoms with Crippen LogP contribution < -0.4 is 0 Å². The lowest BCUT2D eigenvalue weighted by atomic mass is 9.82. The summed E-state index contributed by atoms with van der Waals surface area (Å²) in [6, 6.07) is 0. The van der Waals surface area contributed by atoms with Crippen molar-refractivity contribution in [3.8, 4) is 0 Å². The zero-order chi connectivity index (χ0) is 11.4. The zero-order valence-electron chi connectivity index (χ0n) is 9.95. The van der Waals surface area contributed by atoms with Gasteiger partial charge in [-0.05, 0) is 44.4 Å². The molecule has 2 aliphatic rings. The first-order chi connectivity index (χ1) is 7.75. The van der Waals surface area contributed by atoms with E-state index in [4.69, 9.17) is 5.11 Å². The number of aliphatic carboxylic acids is 1. The van der Waals surface area contributed by atoms with Gasteiger partial charge in [-0.2, -0.15) is 0 Å². The van der Waals surface area contributed by atoms with Crippen molar-refractivity contribution in [2.24, 2.45) is 11.8 Å². The van der Waals surface area contributed by atoms with E-state index in [1.807, 2.05) is 0 Å². The summed E-state index contributed by atoms with van der Waals surface area (Å²) in [5.74, 6) is 0.116. The highest BCUT2D eigenvalue weighted by Gasteiger charge is 2.23. The van der Waals surface area contributed by atoms with Crippen LogP contribution in [0, 0.1) is 11.8 Å². The Morgan fingerprint density at radius 2 is 1.69 bits per heavy atom. The van der Waals surface area contributed by atoms with Gasteiger partial charge in [0, 0.05) is 0 Å². The molecule has 0 heterocycles. The summed E-state index contributed by atoms with van der Waals surface area (Å²) >= 11 is 0. The largest absolute Gasteiger partial charge is 0.481 e. The van der Waals surface area contributed by atoms with Crippen molar-refractivity contribution in [2.45, 2.75) is 57.8 Å². The molecule has 2 rings (SSSR count). The molecule has 0 unspecified atom stereocenters. The van der Waals surface area contributed by atoms with Crippen LogP contribution in [-0.4, -0.2) is 11.1 Å². The van der Waals surface area contributed by atoms with Crippen molar-refractivity contribution < 1.29 is 9.90 Å². The lowest BCUT2D eigenvalue weighted by molar-refractivity contribution is -0.142. The van der Waals surface area contributed by atoms with Crippen LogP contribution in [0.2, 0.25) is 0 Å². The fourth-order valence-electron chi connectivity index (χ4n) is 3.04. The molecule has 2 nitrogen and oxygen atoms in total. The minimum absolute atomic E-state index is 0.0801. The summed E-state index contributed by atoms with van der Waals surface area (Å²) in [5.41, 5.74) is 1.53. The van der Waals surface area contributed by atoms with Crippen LogP contribution in [0.15, 0.2) is 11.6 Å². The summed E-state index contributed by atoms with van der Waals surface area (Å²) in [4.78, 5) is 10.8. The predicted molar refractivity (Wildman–Crippen MR) is 64.3 cm³/mol. The Balaban J connectivity index is 1.83. The molecule has 2 fully saturated rings. The molecule has 0 aromatic heterocycles. The first-order valence-electron chi connectivity index (χ1n) is 6.68. The molecule has 0 atom stereocenters. The number of hydrogen-bond donors (Lipinski definition) is 1. The Hall–Kier alpha value is -0.790. The van der Waals surface area contributed by atoms with Gasteiger partial charge in [-0.1, -0.05) is 30.9 Å². The molecule has 0 aromatic rings. The second kappa shape index (κ2) is 5.51. The third kappa shape index (κ3) is 3.10. The van der Waals surface area contributed by atoms with E-state index in [9.17, 15) is 4.79 Å². The summed E-state index contributed by atoms with van der Waals surface area (Å²) in [6.07, 6.45) is 13.1. The van der Waals surface area contributed by atoms with Crippen molar-refractivity contribution in [2.75, 3.05) is 0 Å². The number of rotatable bonds is 2. The van der Waals surface area contributed by atoms with E-state index >= 15 is 0 Å².